The highest BCUT2D eigenvalue weighted by Crippen LogP contribution is 2.17. The van der Waals surface area contributed by atoms with E-state index in [1.807, 2.05) is 0 Å². The molecule has 1 saturated carbocycles. The van der Waals surface area contributed by atoms with E-state index in [0.717, 1.165) is 32.2 Å². The molecule has 0 spiro atoms. The molecule has 2 rings (SSSR count). The zero-order valence-electron chi connectivity index (χ0n) is 12.0. The van der Waals surface area contributed by atoms with Crippen molar-refractivity contribution in [2.24, 2.45) is 0 Å². The van der Waals surface area contributed by atoms with Crippen LogP contribution >= 0.6 is 0 Å². The Morgan fingerprint density at radius 1 is 1.22 bits per heavy atom. The first kappa shape index (κ1) is 14.3. The van der Waals surface area contributed by atoms with Crippen LogP contribution in [0.5, 0.6) is 0 Å². The van der Waals surface area contributed by atoms with E-state index in [9.17, 15) is 0 Å². The smallest absolute Gasteiger partial charge is 0.0700 e. The fraction of sp³-hybridized carbons (Fsp3) is 1.00. The maximum Gasteiger partial charge on any atom is 0.0700 e. The van der Waals surface area contributed by atoms with Crippen molar-refractivity contribution in [2.45, 2.75) is 64.0 Å². The molecule has 0 amide bonds. The molecular weight excluding hydrogens is 224 g/mol. The number of nitrogens with one attached hydrogen (secondary N) is 1. The molecule has 0 radical (unpaired) electrons. The third kappa shape index (κ3) is 4.87. The normalized spacial score (nSPS) is 27.5. The van der Waals surface area contributed by atoms with Gasteiger partial charge in [-0.3, -0.25) is 4.90 Å². The van der Waals surface area contributed by atoms with Crippen molar-refractivity contribution in [3.8, 4) is 0 Å². The molecule has 1 heterocycles. The fourth-order valence-corrected chi connectivity index (χ4v) is 3.15. The summed E-state index contributed by atoms with van der Waals surface area (Å²) in [5.41, 5.74) is 0. The van der Waals surface area contributed by atoms with Crippen molar-refractivity contribution in [3.05, 3.63) is 0 Å². The van der Waals surface area contributed by atoms with Crippen LogP contribution in [0.3, 0.4) is 0 Å². The third-order valence-corrected chi connectivity index (χ3v) is 4.37. The highest BCUT2D eigenvalue weighted by Gasteiger charge is 2.18. The Balaban J connectivity index is 1.52. The lowest BCUT2D eigenvalue weighted by molar-refractivity contribution is -0.0298. The van der Waals surface area contributed by atoms with Crippen molar-refractivity contribution < 1.29 is 4.74 Å². The summed E-state index contributed by atoms with van der Waals surface area (Å²) in [4.78, 5) is 2.57. The van der Waals surface area contributed by atoms with Crippen molar-refractivity contribution in [3.63, 3.8) is 0 Å². The van der Waals surface area contributed by atoms with Gasteiger partial charge in [-0.1, -0.05) is 26.2 Å². The van der Waals surface area contributed by atoms with E-state index in [1.54, 1.807) is 0 Å². The average molecular weight is 254 g/mol. The average Bonchev–Trinajstić information content (AvgIpc) is 2.45. The minimum absolute atomic E-state index is 0.477. The van der Waals surface area contributed by atoms with Gasteiger partial charge >= 0.3 is 0 Å². The number of morpholine rings is 1. The van der Waals surface area contributed by atoms with E-state index in [2.05, 4.69) is 17.1 Å². The van der Waals surface area contributed by atoms with Gasteiger partial charge in [-0.05, 0) is 38.8 Å². The maximum atomic E-state index is 5.70. The highest BCUT2D eigenvalue weighted by molar-refractivity contribution is 4.73. The highest BCUT2D eigenvalue weighted by atomic mass is 16.5. The summed E-state index contributed by atoms with van der Waals surface area (Å²) in [5, 5.41) is 3.73. The van der Waals surface area contributed by atoms with Gasteiger partial charge in [0.2, 0.25) is 0 Å². The van der Waals surface area contributed by atoms with Gasteiger partial charge in [-0.15, -0.1) is 0 Å². The lowest BCUT2D eigenvalue weighted by Gasteiger charge is -2.32. The van der Waals surface area contributed by atoms with E-state index in [0.29, 0.717) is 6.10 Å². The predicted octanol–water partition coefficient (Wildman–Crippen LogP) is 2.41. The molecule has 1 aliphatic carbocycles. The molecule has 0 bridgehead atoms. The Hall–Kier alpha value is -0.120. The van der Waals surface area contributed by atoms with Crippen LogP contribution in [-0.2, 0) is 4.74 Å². The van der Waals surface area contributed by atoms with Crippen LogP contribution in [0, 0.1) is 0 Å². The molecule has 3 nitrogen and oxygen atoms in total. The van der Waals surface area contributed by atoms with E-state index in [-0.39, 0.29) is 0 Å². The monoisotopic (exact) mass is 254 g/mol. The van der Waals surface area contributed by atoms with Gasteiger partial charge in [-0.25, -0.2) is 0 Å². The van der Waals surface area contributed by atoms with Crippen LogP contribution in [0.15, 0.2) is 0 Å². The zero-order chi connectivity index (χ0) is 12.6. The van der Waals surface area contributed by atoms with Crippen LogP contribution in [0.25, 0.3) is 0 Å². The first-order chi connectivity index (χ1) is 8.88. The summed E-state index contributed by atoms with van der Waals surface area (Å²) in [5.74, 6) is 0. The number of hydrogen-bond acceptors (Lipinski definition) is 3. The number of nitrogens with zero attached hydrogens (tertiary/aromatic N) is 1. The SMILES string of the molecule is CCC1CN(CCCNC2CCCCC2)CCO1. The van der Waals surface area contributed by atoms with Crippen molar-refractivity contribution >= 4 is 0 Å². The van der Waals surface area contributed by atoms with Crippen LogP contribution < -0.4 is 5.32 Å². The Bertz CT molecular complexity index is 217. The summed E-state index contributed by atoms with van der Waals surface area (Å²) < 4.78 is 5.70. The fourth-order valence-electron chi connectivity index (χ4n) is 3.15. The summed E-state index contributed by atoms with van der Waals surface area (Å²) in [7, 11) is 0. The second-order valence-electron chi connectivity index (χ2n) is 5.84. The first-order valence-corrected chi connectivity index (χ1v) is 7.96. The standard InChI is InChI=1S/C15H30N2O/c1-2-15-13-17(11-12-18-15)10-6-9-16-14-7-4-3-5-8-14/h14-16H,2-13H2,1H3. The van der Waals surface area contributed by atoms with Gasteiger partial charge in [-0.2, -0.15) is 0 Å². The molecule has 1 saturated heterocycles. The van der Waals surface area contributed by atoms with Crippen LogP contribution in [-0.4, -0.2) is 49.8 Å². The molecule has 2 aliphatic rings. The molecule has 1 N–H and O–H groups in total. The molecule has 1 aliphatic heterocycles. The topological polar surface area (TPSA) is 24.5 Å². The second kappa shape index (κ2) is 8.13. The molecule has 106 valence electrons. The molecule has 2 fully saturated rings. The molecule has 0 aromatic heterocycles. The van der Waals surface area contributed by atoms with Crippen molar-refractivity contribution in [1.82, 2.24) is 10.2 Å². The van der Waals surface area contributed by atoms with Gasteiger partial charge in [0.25, 0.3) is 0 Å². The maximum absolute atomic E-state index is 5.70. The summed E-state index contributed by atoms with van der Waals surface area (Å²) in [6, 6.07) is 0.812. The van der Waals surface area contributed by atoms with Gasteiger partial charge in [0.1, 0.15) is 0 Å². The molecular formula is C15H30N2O. The Kier molecular flexibility index (Phi) is 6.46. The van der Waals surface area contributed by atoms with Crippen molar-refractivity contribution in [1.29, 1.82) is 0 Å². The summed E-state index contributed by atoms with van der Waals surface area (Å²) in [6.45, 7) is 7.84. The Labute approximate surface area is 112 Å². The number of rotatable bonds is 6. The largest absolute Gasteiger partial charge is 0.376 e. The minimum atomic E-state index is 0.477. The number of hydrogen-bond donors (Lipinski definition) is 1. The van der Waals surface area contributed by atoms with Crippen LogP contribution in [0.2, 0.25) is 0 Å². The lowest BCUT2D eigenvalue weighted by atomic mass is 9.95. The van der Waals surface area contributed by atoms with E-state index in [4.69, 9.17) is 4.74 Å². The molecule has 18 heavy (non-hydrogen) atoms. The first-order valence-electron chi connectivity index (χ1n) is 7.96. The Morgan fingerprint density at radius 3 is 2.83 bits per heavy atom. The second-order valence-corrected chi connectivity index (χ2v) is 5.84. The van der Waals surface area contributed by atoms with Crippen molar-refractivity contribution in [2.75, 3.05) is 32.8 Å². The molecule has 0 aromatic carbocycles. The third-order valence-electron chi connectivity index (χ3n) is 4.37. The van der Waals surface area contributed by atoms with Gasteiger partial charge in [0.15, 0.2) is 0 Å². The zero-order valence-corrected chi connectivity index (χ0v) is 12.0. The predicted molar refractivity (Wildman–Crippen MR) is 76.0 cm³/mol. The minimum Gasteiger partial charge on any atom is -0.376 e. The summed E-state index contributed by atoms with van der Waals surface area (Å²) in [6.07, 6.45) is 10.0. The van der Waals surface area contributed by atoms with Gasteiger partial charge < -0.3 is 10.1 Å². The van der Waals surface area contributed by atoms with E-state index < -0.39 is 0 Å². The van der Waals surface area contributed by atoms with Crippen LogP contribution in [0.4, 0.5) is 0 Å². The van der Waals surface area contributed by atoms with E-state index >= 15 is 0 Å². The quantitative estimate of drug-likeness (QED) is 0.737. The number of ether oxygens (including phenoxy) is 1. The lowest BCUT2D eigenvalue weighted by Crippen LogP contribution is -2.43. The summed E-state index contributed by atoms with van der Waals surface area (Å²) >= 11 is 0. The molecule has 1 unspecified atom stereocenters. The van der Waals surface area contributed by atoms with Gasteiger partial charge in [0.05, 0.1) is 12.7 Å². The molecule has 3 heteroatoms. The van der Waals surface area contributed by atoms with Gasteiger partial charge in [0, 0.05) is 19.1 Å². The van der Waals surface area contributed by atoms with E-state index in [1.165, 1.54) is 51.6 Å². The molecule has 0 aromatic rings. The molecule has 1 atom stereocenters. The van der Waals surface area contributed by atoms with Crippen LogP contribution in [0.1, 0.15) is 51.9 Å². The Morgan fingerprint density at radius 2 is 2.06 bits per heavy atom.